The number of rotatable bonds is 7. The zero-order chi connectivity index (χ0) is 14.3. The topological polar surface area (TPSA) is 58.4 Å². The van der Waals surface area contributed by atoms with E-state index in [0.717, 1.165) is 13.0 Å². The fourth-order valence-electron chi connectivity index (χ4n) is 2.93. The molecule has 1 aliphatic carbocycles. The molecule has 0 spiro atoms. The van der Waals surface area contributed by atoms with Crippen LogP contribution in [-0.2, 0) is 4.79 Å². The smallest absolute Gasteiger partial charge is 0.237 e. The van der Waals surface area contributed by atoms with E-state index in [0.29, 0.717) is 12.6 Å². The molecular formula is C15H31N3O. The number of nitrogens with two attached hydrogens (primary N) is 1. The first-order valence-electron chi connectivity index (χ1n) is 7.82. The molecule has 0 heterocycles. The van der Waals surface area contributed by atoms with Crippen LogP contribution in [0.2, 0.25) is 0 Å². The van der Waals surface area contributed by atoms with E-state index in [1.807, 2.05) is 20.8 Å². The summed E-state index contributed by atoms with van der Waals surface area (Å²) in [6.07, 6.45) is 7.35. The predicted octanol–water partition coefficient (Wildman–Crippen LogP) is 1.88. The maximum Gasteiger partial charge on any atom is 0.237 e. The highest BCUT2D eigenvalue weighted by atomic mass is 16.2. The molecule has 1 fully saturated rings. The zero-order valence-corrected chi connectivity index (χ0v) is 12.8. The number of nitrogens with zero attached hydrogens (tertiary/aromatic N) is 1. The Balaban J connectivity index is 2.62. The van der Waals surface area contributed by atoms with Crippen LogP contribution >= 0.6 is 0 Å². The van der Waals surface area contributed by atoms with Gasteiger partial charge in [-0.3, -0.25) is 9.69 Å². The molecule has 112 valence electrons. The van der Waals surface area contributed by atoms with Gasteiger partial charge in [0.25, 0.3) is 0 Å². The highest BCUT2D eigenvalue weighted by Crippen LogP contribution is 2.24. The van der Waals surface area contributed by atoms with Crippen LogP contribution in [0.4, 0.5) is 0 Å². The van der Waals surface area contributed by atoms with E-state index in [1.54, 1.807) is 0 Å². The van der Waals surface area contributed by atoms with Gasteiger partial charge in [-0.2, -0.15) is 0 Å². The van der Waals surface area contributed by atoms with E-state index in [-0.39, 0.29) is 18.0 Å². The summed E-state index contributed by atoms with van der Waals surface area (Å²) in [5.41, 5.74) is 5.64. The summed E-state index contributed by atoms with van der Waals surface area (Å²) < 4.78 is 0. The van der Waals surface area contributed by atoms with Crippen molar-refractivity contribution < 1.29 is 4.79 Å². The molecule has 0 saturated heterocycles. The highest BCUT2D eigenvalue weighted by molar-refractivity contribution is 5.81. The number of amides is 1. The third kappa shape index (κ3) is 5.49. The Morgan fingerprint density at radius 2 is 1.89 bits per heavy atom. The van der Waals surface area contributed by atoms with Gasteiger partial charge in [0, 0.05) is 18.6 Å². The molecule has 4 nitrogen and oxygen atoms in total. The van der Waals surface area contributed by atoms with E-state index in [4.69, 9.17) is 5.73 Å². The van der Waals surface area contributed by atoms with Crippen molar-refractivity contribution in [1.82, 2.24) is 10.2 Å². The molecule has 4 heteroatoms. The second-order valence-electron chi connectivity index (χ2n) is 6.01. The molecular weight excluding hydrogens is 238 g/mol. The third-order valence-electron chi connectivity index (χ3n) is 3.97. The Labute approximate surface area is 118 Å². The summed E-state index contributed by atoms with van der Waals surface area (Å²) in [7, 11) is 0. The second kappa shape index (κ2) is 8.54. The molecule has 0 aromatic rings. The van der Waals surface area contributed by atoms with E-state index in [2.05, 4.69) is 10.2 Å². The van der Waals surface area contributed by atoms with Gasteiger partial charge in [0.05, 0.1) is 6.04 Å². The van der Waals surface area contributed by atoms with Crippen LogP contribution in [0.25, 0.3) is 0 Å². The van der Waals surface area contributed by atoms with Crippen molar-refractivity contribution in [3.63, 3.8) is 0 Å². The number of nitrogens with one attached hydrogen (secondary N) is 1. The molecule has 19 heavy (non-hydrogen) atoms. The van der Waals surface area contributed by atoms with Crippen molar-refractivity contribution in [2.24, 2.45) is 5.73 Å². The molecule has 0 aliphatic heterocycles. The Bertz CT molecular complexity index is 262. The summed E-state index contributed by atoms with van der Waals surface area (Å²) in [5.74, 6) is 0.151. The van der Waals surface area contributed by atoms with Gasteiger partial charge in [-0.15, -0.1) is 0 Å². The van der Waals surface area contributed by atoms with Gasteiger partial charge in [0.15, 0.2) is 0 Å². The Morgan fingerprint density at radius 3 is 2.42 bits per heavy atom. The fraction of sp³-hybridized carbons (Fsp3) is 0.933. The molecule has 0 aromatic carbocycles. The summed E-state index contributed by atoms with van der Waals surface area (Å²) in [5, 5.41) is 3.03. The van der Waals surface area contributed by atoms with Crippen LogP contribution in [0, 0.1) is 0 Å². The summed E-state index contributed by atoms with van der Waals surface area (Å²) in [4.78, 5) is 14.6. The summed E-state index contributed by atoms with van der Waals surface area (Å²) in [6.45, 7) is 7.68. The first-order valence-corrected chi connectivity index (χ1v) is 7.82. The zero-order valence-electron chi connectivity index (χ0n) is 12.8. The quantitative estimate of drug-likeness (QED) is 0.742. The molecule has 1 amide bonds. The lowest BCUT2D eigenvalue weighted by molar-refractivity contribution is -0.127. The molecule has 1 unspecified atom stereocenters. The van der Waals surface area contributed by atoms with Crippen LogP contribution in [0.15, 0.2) is 0 Å². The third-order valence-corrected chi connectivity index (χ3v) is 3.97. The lowest BCUT2D eigenvalue weighted by Gasteiger charge is -2.38. The van der Waals surface area contributed by atoms with E-state index < -0.39 is 0 Å². The van der Waals surface area contributed by atoms with Gasteiger partial charge in [-0.05, 0) is 46.6 Å². The first kappa shape index (κ1) is 16.4. The van der Waals surface area contributed by atoms with Gasteiger partial charge in [-0.25, -0.2) is 0 Å². The fourth-order valence-corrected chi connectivity index (χ4v) is 2.93. The Kier molecular flexibility index (Phi) is 7.39. The van der Waals surface area contributed by atoms with Crippen LogP contribution in [0.5, 0.6) is 0 Å². The maximum absolute atomic E-state index is 12.2. The lowest BCUT2D eigenvalue weighted by Crippen LogP contribution is -2.52. The van der Waals surface area contributed by atoms with Crippen molar-refractivity contribution in [3.05, 3.63) is 0 Å². The van der Waals surface area contributed by atoms with Crippen LogP contribution < -0.4 is 11.1 Å². The molecule has 1 aliphatic rings. The predicted molar refractivity (Wildman–Crippen MR) is 80.0 cm³/mol. The van der Waals surface area contributed by atoms with E-state index in [9.17, 15) is 4.79 Å². The average Bonchev–Trinajstić information content (AvgIpc) is 2.39. The molecule has 1 rings (SSSR count). The Morgan fingerprint density at radius 1 is 1.26 bits per heavy atom. The standard InChI is InChI=1S/C15H31N3O/c1-12(2)17-15(19)13(3)18(11-7-10-16)14-8-5-4-6-9-14/h12-14H,4-11,16H2,1-3H3,(H,17,19). The minimum absolute atomic E-state index is 0.0444. The SMILES string of the molecule is CC(C)NC(=O)C(C)N(CCCN)C1CCCCC1. The second-order valence-corrected chi connectivity index (χ2v) is 6.01. The minimum Gasteiger partial charge on any atom is -0.353 e. The molecule has 3 N–H and O–H groups in total. The van der Waals surface area contributed by atoms with Crippen molar-refractivity contribution in [2.75, 3.05) is 13.1 Å². The van der Waals surface area contributed by atoms with Crippen molar-refractivity contribution in [1.29, 1.82) is 0 Å². The Hall–Kier alpha value is -0.610. The minimum atomic E-state index is -0.0444. The van der Waals surface area contributed by atoms with E-state index in [1.165, 1.54) is 32.1 Å². The largest absolute Gasteiger partial charge is 0.353 e. The first-order chi connectivity index (χ1) is 9.06. The van der Waals surface area contributed by atoms with E-state index >= 15 is 0 Å². The van der Waals surface area contributed by atoms with Gasteiger partial charge < -0.3 is 11.1 Å². The van der Waals surface area contributed by atoms with Crippen molar-refractivity contribution in [2.45, 2.75) is 77.4 Å². The lowest BCUT2D eigenvalue weighted by atomic mass is 9.93. The number of hydrogen-bond donors (Lipinski definition) is 2. The van der Waals surface area contributed by atoms with Crippen LogP contribution in [-0.4, -0.2) is 42.0 Å². The van der Waals surface area contributed by atoms with Crippen LogP contribution in [0.3, 0.4) is 0 Å². The molecule has 1 atom stereocenters. The monoisotopic (exact) mass is 269 g/mol. The van der Waals surface area contributed by atoms with Crippen LogP contribution in [0.1, 0.15) is 59.3 Å². The molecule has 0 radical (unpaired) electrons. The van der Waals surface area contributed by atoms with Gasteiger partial charge >= 0.3 is 0 Å². The van der Waals surface area contributed by atoms with Gasteiger partial charge in [0.1, 0.15) is 0 Å². The highest BCUT2D eigenvalue weighted by Gasteiger charge is 2.28. The molecule has 0 aromatic heterocycles. The van der Waals surface area contributed by atoms with Crippen molar-refractivity contribution in [3.8, 4) is 0 Å². The normalized spacial score (nSPS) is 18.8. The number of carbonyl (C=O) groups excluding carboxylic acids is 1. The molecule has 1 saturated carbocycles. The van der Waals surface area contributed by atoms with Gasteiger partial charge in [0.2, 0.25) is 5.91 Å². The summed E-state index contributed by atoms with van der Waals surface area (Å²) >= 11 is 0. The maximum atomic E-state index is 12.2. The average molecular weight is 269 g/mol. The van der Waals surface area contributed by atoms with Gasteiger partial charge in [-0.1, -0.05) is 19.3 Å². The summed E-state index contributed by atoms with van der Waals surface area (Å²) in [6, 6.07) is 0.725. The number of hydrogen-bond acceptors (Lipinski definition) is 3. The molecule has 0 bridgehead atoms. The van der Waals surface area contributed by atoms with Crippen molar-refractivity contribution >= 4 is 5.91 Å². The number of carbonyl (C=O) groups is 1.